The van der Waals surface area contributed by atoms with Gasteiger partial charge in [0.25, 0.3) is 0 Å². The highest BCUT2D eigenvalue weighted by atomic mass is 32.1. The highest BCUT2D eigenvalue weighted by Gasteiger charge is 2.32. The van der Waals surface area contributed by atoms with Crippen LogP contribution < -0.4 is 5.32 Å². The van der Waals surface area contributed by atoms with Gasteiger partial charge in [0.1, 0.15) is 0 Å². The topological polar surface area (TPSA) is 37.8 Å². The fourth-order valence-electron chi connectivity index (χ4n) is 3.10. The molecule has 0 bridgehead atoms. The van der Waals surface area contributed by atoms with Crippen molar-refractivity contribution in [3.8, 4) is 0 Å². The van der Waals surface area contributed by atoms with Gasteiger partial charge in [0, 0.05) is 6.54 Å². The van der Waals surface area contributed by atoms with Gasteiger partial charge >= 0.3 is 0 Å². The Morgan fingerprint density at radius 1 is 1.33 bits per heavy atom. The van der Waals surface area contributed by atoms with Gasteiger partial charge in [-0.05, 0) is 48.7 Å². The van der Waals surface area contributed by atoms with Gasteiger partial charge in [-0.3, -0.25) is 0 Å². The molecule has 0 radical (unpaired) electrons. The zero-order valence-electron chi connectivity index (χ0n) is 10.3. The molecule has 2 atom stereocenters. The Morgan fingerprint density at radius 2 is 2.28 bits per heavy atom. The normalized spacial score (nSPS) is 26.6. The van der Waals surface area contributed by atoms with Gasteiger partial charge < -0.3 is 5.32 Å². The van der Waals surface area contributed by atoms with E-state index in [0.717, 1.165) is 42.5 Å². The van der Waals surface area contributed by atoms with Crippen molar-refractivity contribution >= 4 is 27.1 Å². The van der Waals surface area contributed by atoms with Gasteiger partial charge in [0.2, 0.25) is 0 Å². The Balaban J connectivity index is 1.79. The molecule has 3 nitrogen and oxygen atoms in total. The second-order valence-corrected chi connectivity index (χ2v) is 6.16. The summed E-state index contributed by atoms with van der Waals surface area (Å²) in [4.78, 5) is 9.41. The quantitative estimate of drug-likeness (QED) is 0.853. The molecule has 0 amide bonds. The zero-order valence-corrected chi connectivity index (χ0v) is 11.1. The standard InChI is InChI=1S/C14H15N3S/c1-8-13-12(2-3-18-13)17-14(16-8)9-4-10-6-15-7-11(10)5-9/h2-4,10-11,15H,5-7H2,1H3. The molecule has 1 aliphatic heterocycles. The molecule has 2 aromatic rings. The summed E-state index contributed by atoms with van der Waals surface area (Å²) in [6.45, 7) is 4.35. The molecule has 1 aliphatic carbocycles. The van der Waals surface area contributed by atoms with Crippen LogP contribution in [0.4, 0.5) is 0 Å². The van der Waals surface area contributed by atoms with Gasteiger partial charge in [-0.25, -0.2) is 9.97 Å². The lowest BCUT2D eigenvalue weighted by Gasteiger charge is -2.06. The van der Waals surface area contributed by atoms with E-state index in [1.807, 2.05) is 0 Å². The second-order valence-electron chi connectivity index (χ2n) is 5.25. The van der Waals surface area contributed by atoms with E-state index in [1.165, 1.54) is 10.3 Å². The minimum absolute atomic E-state index is 0.696. The summed E-state index contributed by atoms with van der Waals surface area (Å²) in [6.07, 6.45) is 3.52. The molecule has 1 fully saturated rings. The molecule has 2 aromatic heterocycles. The Hall–Kier alpha value is -1.26. The van der Waals surface area contributed by atoms with E-state index in [0.29, 0.717) is 5.92 Å². The van der Waals surface area contributed by atoms with Gasteiger partial charge in [0.15, 0.2) is 5.82 Å². The molecule has 1 saturated heterocycles. The van der Waals surface area contributed by atoms with E-state index < -0.39 is 0 Å². The van der Waals surface area contributed by atoms with E-state index in [4.69, 9.17) is 9.97 Å². The Kier molecular flexibility index (Phi) is 2.29. The molecule has 4 heteroatoms. The van der Waals surface area contributed by atoms with Crippen LogP contribution in [0.5, 0.6) is 0 Å². The zero-order chi connectivity index (χ0) is 12.1. The van der Waals surface area contributed by atoms with Crippen molar-refractivity contribution in [1.29, 1.82) is 0 Å². The smallest absolute Gasteiger partial charge is 0.155 e. The van der Waals surface area contributed by atoms with Crippen molar-refractivity contribution in [3.63, 3.8) is 0 Å². The van der Waals surface area contributed by atoms with Gasteiger partial charge in [-0.15, -0.1) is 11.3 Å². The maximum Gasteiger partial charge on any atom is 0.155 e. The maximum atomic E-state index is 4.72. The Bertz CT molecular complexity index is 644. The number of allylic oxidation sites excluding steroid dienone is 1. The van der Waals surface area contributed by atoms with Gasteiger partial charge in [-0.2, -0.15) is 0 Å². The fraction of sp³-hybridized carbons (Fsp3) is 0.429. The van der Waals surface area contributed by atoms with Crippen molar-refractivity contribution in [2.45, 2.75) is 13.3 Å². The number of hydrogen-bond acceptors (Lipinski definition) is 4. The summed E-state index contributed by atoms with van der Waals surface area (Å²) in [5.41, 5.74) is 3.56. The molecule has 0 spiro atoms. The van der Waals surface area contributed by atoms with Crippen LogP contribution in [0.1, 0.15) is 17.9 Å². The van der Waals surface area contributed by atoms with Crippen LogP contribution in [0.3, 0.4) is 0 Å². The molecule has 0 saturated carbocycles. The molecular weight excluding hydrogens is 242 g/mol. The largest absolute Gasteiger partial charge is 0.316 e. The predicted molar refractivity (Wildman–Crippen MR) is 74.6 cm³/mol. The van der Waals surface area contributed by atoms with Gasteiger partial charge in [0.05, 0.1) is 15.9 Å². The van der Waals surface area contributed by atoms with Crippen LogP contribution in [0.15, 0.2) is 17.5 Å². The lowest BCUT2D eigenvalue weighted by molar-refractivity contribution is 0.536. The van der Waals surface area contributed by atoms with Crippen LogP contribution in [0.2, 0.25) is 0 Å². The van der Waals surface area contributed by atoms with Crippen molar-refractivity contribution < 1.29 is 0 Å². The lowest BCUT2D eigenvalue weighted by Crippen LogP contribution is -2.09. The molecule has 4 rings (SSSR count). The summed E-state index contributed by atoms with van der Waals surface area (Å²) in [5, 5.41) is 5.54. The first kappa shape index (κ1) is 10.6. The number of rotatable bonds is 1. The first-order valence-electron chi connectivity index (χ1n) is 6.45. The SMILES string of the molecule is Cc1nc(C2=CC3CNCC3C2)nc2ccsc12. The molecule has 92 valence electrons. The lowest BCUT2D eigenvalue weighted by atomic mass is 10.00. The number of hydrogen-bond donors (Lipinski definition) is 1. The number of aryl methyl sites for hydroxylation is 1. The van der Waals surface area contributed by atoms with Crippen molar-refractivity contribution in [3.05, 3.63) is 29.0 Å². The van der Waals surface area contributed by atoms with Crippen LogP contribution in [0, 0.1) is 18.8 Å². The van der Waals surface area contributed by atoms with E-state index >= 15 is 0 Å². The molecule has 0 aromatic carbocycles. The number of nitrogens with one attached hydrogen (secondary N) is 1. The maximum absolute atomic E-state index is 4.72. The molecule has 1 N–H and O–H groups in total. The van der Waals surface area contributed by atoms with Gasteiger partial charge in [-0.1, -0.05) is 6.08 Å². The van der Waals surface area contributed by atoms with Crippen LogP contribution in [-0.2, 0) is 0 Å². The summed E-state index contributed by atoms with van der Waals surface area (Å²) >= 11 is 1.73. The van der Waals surface area contributed by atoms with E-state index in [2.05, 4.69) is 29.8 Å². The van der Waals surface area contributed by atoms with E-state index in [9.17, 15) is 0 Å². The molecule has 18 heavy (non-hydrogen) atoms. The van der Waals surface area contributed by atoms with Crippen molar-refractivity contribution in [2.24, 2.45) is 11.8 Å². The summed E-state index contributed by atoms with van der Waals surface area (Å²) in [7, 11) is 0. The minimum Gasteiger partial charge on any atom is -0.316 e. The number of aromatic nitrogens is 2. The first-order valence-corrected chi connectivity index (χ1v) is 7.33. The number of fused-ring (bicyclic) bond motifs is 2. The highest BCUT2D eigenvalue weighted by molar-refractivity contribution is 7.17. The summed E-state index contributed by atoms with van der Waals surface area (Å²) in [5.74, 6) is 2.41. The summed E-state index contributed by atoms with van der Waals surface area (Å²) < 4.78 is 1.22. The second kappa shape index (κ2) is 3.87. The molecule has 2 unspecified atom stereocenters. The Morgan fingerprint density at radius 3 is 3.17 bits per heavy atom. The van der Waals surface area contributed by atoms with Crippen LogP contribution >= 0.6 is 11.3 Å². The molecular formula is C14H15N3S. The third-order valence-corrected chi connectivity index (χ3v) is 5.06. The monoisotopic (exact) mass is 257 g/mol. The third kappa shape index (κ3) is 1.52. The van der Waals surface area contributed by atoms with Crippen LogP contribution in [-0.4, -0.2) is 23.1 Å². The Labute approximate surface area is 110 Å². The van der Waals surface area contributed by atoms with Crippen molar-refractivity contribution in [2.75, 3.05) is 13.1 Å². The van der Waals surface area contributed by atoms with Crippen molar-refractivity contribution in [1.82, 2.24) is 15.3 Å². The minimum atomic E-state index is 0.696. The number of nitrogens with zero attached hydrogens (tertiary/aromatic N) is 2. The van der Waals surface area contributed by atoms with E-state index in [-0.39, 0.29) is 0 Å². The highest BCUT2D eigenvalue weighted by Crippen LogP contribution is 2.37. The fourth-order valence-corrected chi connectivity index (χ4v) is 3.88. The molecule has 3 heterocycles. The summed E-state index contributed by atoms with van der Waals surface area (Å²) in [6, 6.07) is 2.09. The predicted octanol–water partition coefficient (Wildman–Crippen LogP) is 2.62. The average Bonchev–Trinajstić information content (AvgIpc) is 3.02. The number of thiophene rings is 1. The molecule has 2 aliphatic rings. The third-order valence-electron chi connectivity index (χ3n) is 4.05. The van der Waals surface area contributed by atoms with E-state index in [1.54, 1.807) is 11.3 Å². The first-order chi connectivity index (χ1) is 8.81. The average molecular weight is 257 g/mol. The van der Waals surface area contributed by atoms with Crippen LogP contribution in [0.25, 0.3) is 15.8 Å².